The molecule has 0 aliphatic rings. The fourth-order valence-corrected chi connectivity index (χ4v) is 2.52. The molecule has 0 aliphatic heterocycles. The van der Waals surface area contributed by atoms with E-state index < -0.39 is 9.84 Å². The Labute approximate surface area is 108 Å². The summed E-state index contributed by atoms with van der Waals surface area (Å²) >= 11 is 3.43. The van der Waals surface area contributed by atoms with Crippen molar-refractivity contribution in [1.82, 2.24) is 9.55 Å². The quantitative estimate of drug-likeness (QED) is 0.854. The van der Waals surface area contributed by atoms with E-state index >= 15 is 0 Å². The highest BCUT2D eigenvalue weighted by Crippen LogP contribution is 2.26. The van der Waals surface area contributed by atoms with Crippen LogP contribution >= 0.6 is 15.9 Å². The van der Waals surface area contributed by atoms with E-state index in [1.54, 1.807) is 30.6 Å². The lowest BCUT2D eigenvalue weighted by Gasteiger charge is -2.01. The van der Waals surface area contributed by atoms with Crippen LogP contribution in [0.4, 0.5) is 0 Å². The maximum absolute atomic E-state index is 11.3. The zero-order valence-electron chi connectivity index (χ0n) is 9.38. The predicted molar refractivity (Wildman–Crippen MR) is 69.5 cm³/mol. The van der Waals surface area contributed by atoms with Crippen LogP contribution in [0.1, 0.15) is 0 Å². The molecule has 2 rings (SSSR count). The first-order valence-electron chi connectivity index (χ1n) is 4.87. The highest BCUT2D eigenvalue weighted by molar-refractivity contribution is 9.10. The van der Waals surface area contributed by atoms with Gasteiger partial charge in [0.1, 0.15) is 10.3 Å². The second-order valence-corrected chi connectivity index (χ2v) is 6.56. The molecule has 0 radical (unpaired) electrons. The molecule has 1 aromatic carbocycles. The van der Waals surface area contributed by atoms with Crippen molar-refractivity contribution in [2.75, 3.05) is 6.26 Å². The highest BCUT2D eigenvalue weighted by atomic mass is 79.9. The van der Waals surface area contributed by atoms with Gasteiger partial charge in [-0.15, -0.1) is 0 Å². The summed E-state index contributed by atoms with van der Waals surface area (Å²) in [4.78, 5) is 4.56. The molecule has 0 saturated heterocycles. The number of rotatable bonds is 2. The summed E-state index contributed by atoms with van der Waals surface area (Å²) in [6.45, 7) is 0. The monoisotopic (exact) mass is 314 g/mol. The van der Waals surface area contributed by atoms with E-state index in [-0.39, 0.29) is 0 Å². The van der Waals surface area contributed by atoms with Gasteiger partial charge >= 0.3 is 0 Å². The first kappa shape index (κ1) is 12.3. The summed E-state index contributed by atoms with van der Waals surface area (Å²) in [5, 5.41) is 0. The molecule has 17 heavy (non-hydrogen) atoms. The van der Waals surface area contributed by atoms with Crippen molar-refractivity contribution in [3.05, 3.63) is 35.2 Å². The first-order valence-corrected chi connectivity index (χ1v) is 7.55. The number of imidazole rings is 1. The fourth-order valence-electron chi connectivity index (χ4n) is 1.47. The Kier molecular flexibility index (Phi) is 3.09. The summed E-state index contributed by atoms with van der Waals surface area (Å²) < 4.78 is 25.4. The van der Waals surface area contributed by atoms with Gasteiger partial charge in [0.05, 0.1) is 11.2 Å². The summed E-state index contributed by atoms with van der Waals surface area (Å²) in [6, 6.07) is 6.69. The van der Waals surface area contributed by atoms with E-state index in [2.05, 4.69) is 20.9 Å². The van der Waals surface area contributed by atoms with E-state index in [4.69, 9.17) is 0 Å². The third-order valence-electron chi connectivity index (χ3n) is 2.42. The van der Waals surface area contributed by atoms with Crippen molar-refractivity contribution in [2.45, 2.75) is 4.90 Å². The van der Waals surface area contributed by atoms with Crippen molar-refractivity contribution in [1.29, 1.82) is 0 Å². The lowest BCUT2D eigenvalue weighted by molar-refractivity contribution is 0.602. The molecule has 0 atom stereocenters. The van der Waals surface area contributed by atoms with Gasteiger partial charge in [-0.05, 0) is 28.1 Å². The van der Waals surface area contributed by atoms with Crippen molar-refractivity contribution < 1.29 is 8.42 Å². The molecule has 4 nitrogen and oxygen atoms in total. The molecule has 0 aliphatic carbocycles. The van der Waals surface area contributed by atoms with Gasteiger partial charge in [-0.3, -0.25) is 0 Å². The zero-order valence-corrected chi connectivity index (χ0v) is 11.8. The minimum Gasteiger partial charge on any atom is -0.328 e. The average Bonchev–Trinajstić information content (AvgIpc) is 2.59. The second kappa shape index (κ2) is 4.27. The van der Waals surface area contributed by atoms with Gasteiger partial charge in [0.2, 0.25) is 0 Å². The van der Waals surface area contributed by atoms with E-state index in [0.29, 0.717) is 4.90 Å². The topological polar surface area (TPSA) is 52.0 Å². The molecule has 6 heteroatoms. The fraction of sp³-hybridized carbons (Fsp3) is 0.182. The largest absolute Gasteiger partial charge is 0.328 e. The number of aryl methyl sites for hydroxylation is 1. The van der Waals surface area contributed by atoms with E-state index in [1.165, 1.54) is 6.26 Å². The van der Waals surface area contributed by atoms with Gasteiger partial charge in [0.25, 0.3) is 0 Å². The number of aromatic nitrogens is 2. The molecule has 1 heterocycles. The molecular formula is C11H11BrN2O2S. The number of sulfone groups is 1. The third-order valence-corrected chi connectivity index (χ3v) is 4.48. The Morgan fingerprint density at radius 2 is 1.82 bits per heavy atom. The standard InChI is InChI=1S/C11H11BrN2O2S/c1-14-7-13-10(11(14)12)8-3-5-9(6-4-8)17(2,15)16/h3-7H,1-2H3. The molecular weight excluding hydrogens is 304 g/mol. The summed E-state index contributed by atoms with van der Waals surface area (Å²) in [6.07, 6.45) is 2.89. The maximum Gasteiger partial charge on any atom is 0.175 e. The molecule has 0 spiro atoms. The Morgan fingerprint density at radius 1 is 1.24 bits per heavy atom. The summed E-state index contributed by atoms with van der Waals surface area (Å²) in [5.74, 6) is 0. The molecule has 2 aromatic rings. The number of hydrogen-bond acceptors (Lipinski definition) is 3. The summed E-state index contributed by atoms with van der Waals surface area (Å²) in [5.41, 5.74) is 1.68. The molecule has 1 aromatic heterocycles. The normalized spacial score (nSPS) is 11.7. The van der Waals surface area contributed by atoms with Gasteiger partial charge in [-0.2, -0.15) is 0 Å². The Hall–Kier alpha value is -1.14. The number of halogens is 1. The molecule has 90 valence electrons. The van der Waals surface area contributed by atoms with Gasteiger partial charge in [-0.1, -0.05) is 12.1 Å². The SMILES string of the molecule is Cn1cnc(-c2ccc(S(C)(=O)=O)cc2)c1Br. The van der Waals surface area contributed by atoms with Crippen LogP contribution in [0.15, 0.2) is 40.1 Å². The number of hydrogen-bond donors (Lipinski definition) is 0. The Bertz CT molecular complexity index is 645. The molecule has 0 saturated carbocycles. The first-order chi connectivity index (χ1) is 7.89. The van der Waals surface area contributed by atoms with Crippen LogP contribution in [0, 0.1) is 0 Å². The van der Waals surface area contributed by atoms with Crippen LogP contribution < -0.4 is 0 Å². The minimum atomic E-state index is -3.14. The lowest BCUT2D eigenvalue weighted by atomic mass is 10.2. The van der Waals surface area contributed by atoms with Crippen molar-refractivity contribution in [2.24, 2.45) is 7.05 Å². The number of benzene rings is 1. The predicted octanol–water partition coefficient (Wildman–Crippen LogP) is 2.25. The Morgan fingerprint density at radius 3 is 2.24 bits per heavy atom. The van der Waals surface area contributed by atoms with Gasteiger partial charge < -0.3 is 4.57 Å². The maximum atomic E-state index is 11.3. The summed E-state index contributed by atoms with van der Waals surface area (Å²) in [7, 11) is -1.26. The van der Waals surface area contributed by atoms with Crippen molar-refractivity contribution in [3.8, 4) is 11.3 Å². The van der Waals surface area contributed by atoms with Crippen LogP contribution in [0.5, 0.6) is 0 Å². The molecule has 0 fully saturated rings. The average molecular weight is 315 g/mol. The van der Waals surface area contributed by atoms with Crippen molar-refractivity contribution >= 4 is 25.8 Å². The molecule has 0 bridgehead atoms. The van der Waals surface area contributed by atoms with Crippen LogP contribution in [0.3, 0.4) is 0 Å². The van der Waals surface area contributed by atoms with E-state index in [9.17, 15) is 8.42 Å². The minimum absolute atomic E-state index is 0.313. The van der Waals surface area contributed by atoms with Gasteiger partial charge in [-0.25, -0.2) is 13.4 Å². The zero-order chi connectivity index (χ0) is 12.6. The van der Waals surface area contributed by atoms with Gasteiger partial charge in [0, 0.05) is 18.9 Å². The van der Waals surface area contributed by atoms with Gasteiger partial charge in [0.15, 0.2) is 9.84 Å². The van der Waals surface area contributed by atoms with Crippen LogP contribution in [-0.2, 0) is 16.9 Å². The molecule has 0 amide bonds. The van der Waals surface area contributed by atoms with E-state index in [0.717, 1.165) is 15.9 Å². The molecule has 0 N–H and O–H groups in total. The van der Waals surface area contributed by atoms with Crippen LogP contribution in [0.2, 0.25) is 0 Å². The van der Waals surface area contributed by atoms with Crippen molar-refractivity contribution in [3.63, 3.8) is 0 Å². The Balaban J connectivity index is 2.46. The van der Waals surface area contributed by atoms with E-state index in [1.807, 2.05) is 11.6 Å². The lowest BCUT2D eigenvalue weighted by Crippen LogP contribution is -1.96. The van der Waals surface area contributed by atoms with Crippen LogP contribution in [0.25, 0.3) is 11.3 Å². The molecule has 0 unspecified atom stereocenters. The number of nitrogens with zero attached hydrogens (tertiary/aromatic N) is 2. The second-order valence-electron chi connectivity index (χ2n) is 3.79. The van der Waals surface area contributed by atoms with Crippen LogP contribution in [-0.4, -0.2) is 24.2 Å². The highest BCUT2D eigenvalue weighted by Gasteiger charge is 2.10. The third kappa shape index (κ3) is 2.42. The smallest absolute Gasteiger partial charge is 0.175 e.